The van der Waals surface area contributed by atoms with E-state index in [9.17, 15) is 4.79 Å². The summed E-state index contributed by atoms with van der Waals surface area (Å²) < 4.78 is 7.15. The minimum absolute atomic E-state index is 0.0784. The Bertz CT molecular complexity index is 891. The van der Waals surface area contributed by atoms with Crippen LogP contribution in [0.3, 0.4) is 0 Å². The average molecular weight is 351 g/mol. The summed E-state index contributed by atoms with van der Waals surface area (Å²) in [6, 6.07) is 13.3. The predicted molar refractivity (Wildman–Crippen MR) is 98.5 cm³/mol. The summed E-state index contributed by atoms with van der Waals surface area (Å²) in [5.41, 5.74) is 3.76. The van der Waals surface area contributed by atoms with Gasteiger partial charge in [0.05, 0.1) is 5.69 Å². The Balaban J connectivity index is 1.66. The third-order valence-electron chi connectivity index (χ3n) is 3.99. The van der Waals surface area contributed by atoms with Crippen LogP contribution in [0.2, 0.25) is 0 Å². The molecule has 1 N–H and O–H groups in total. The van der Waals surface area contributed by atoms with Gasteiger partial charge in [0.25, 0.3) is 5.91 Å². The minimum Gasteiger partial charge on any atom is -0.484 e. The van der Waals surface area contributed by atoms with Crippen molar-refractivity contribution in [3.05, 3.63) is 59.9 Å². The molecule has 2 aromatic carbocycles. The van der Waals surface area contributed by atoms with Crippen molar-refractivity contribution < 1.29 is 9.53 Å². The van der Waals surface area contributed by atoms with Gasteiger partial charge in [-0.25, -0.2) is 4.68 Å². The zero-order valence-corrected chi connectivity index (χ0v) is 15.0. The molecular formula is C19H21N5O2. The molecule has 0 aliphatic carbocycles. The molecule has 0 radical (unpaired) electrons. The van der Waals surface area contributed by atoms with E-state index < -0.39 is 0 Å². The maximum Gasteiger partial charge on any atom is 0.262 e. The lowest BCUT2D eigenvalue weighted by Gasteiger charge is -2.16. The summed E-state index contributed by atoms with van der Waals surface area (Å²) in [5.74, 6) is 0.690. The highest BCUT2D eigenvalue weighted by molar-refractivity contribution is 5.93. The number of aromatic nitrogens is 4. The molecule has 0 spiro atoms. The molecule has 0 fully saturated rings. The van der Waals surface area contributed by atoms with Crippen molar-refractivity contribution in [1.29, 1.82) is 0 Å². The first-order valence-electron chi connectivity index (χ1n) is 8.40. The van der Waals surface area contributed by atoms with Crippen LogP contribution in [0, 0.1) is 6.92 Å². The number of ether oxygens (including phenoxy) is 1. The van der Waals surface area contributed by atoms with Crippen LogP contribution >= 0.6 is 0 Å². The molecule has 3 rings (SSSR count). The largest absolute Gasteiger partial charge is 0.484 e. The lowest BCUT2D eigenvalue weighted by molar-refractivity contribution is -0.118. The van der Waals surface area contributed by atoms with Crippen LogP contribution in [0.1, 0.15) is 30.9 Å². The van der Waals surface area contributed by atoms with Crippen LogP contribution in [-0.4, -0.2) is 32.7 Å². The summed E-state index contributed by atoms with van der Waals surface area (Å²) in [7, 11) is 0. The van der Waals surface area contributed by atoms with Crippen molar-refractivity contribution in [3.63, 3.8) is 0 Å². The second-order valence-corrected chi connectivity index (χ2v) is 6.28. The molecule has 0 atom stereocenters. The van der Waals surface area contributed by atoms with Crippen molar-refractivity contribution in [3.8, 4) is 11.4 Å². The molecular weight excluding hydrogens is 330 g/mol. The third-order valence-corrected chi connectivity index (χ3v) is 3.99. The number of para-hydroxylation sites is 1. The quantitative estimate of drug-likeness (QED) is 0.738. The van der Waals surface area contributed by atoms with Crippen molar-refractivity contribution in [2.24, 2.45) is 0 Å². The van der Waals surface area contributed by atoms with Gasteiger partial charge in [0.1, 0.15) is 12.1 Å². The summed E-state index contributed by atoms with van der Waals surface area (Å²) in [5, 5.41) is 14.0. The van der Waals surface area contributed by atoms with Gasteiger partial charge >= 0.3 is 0 Å². The average Bonchev–Trinajstić information content (AvgIpc) is 3.16. The number of amides is 1. The number of hydrogen-bond donors (Lipinski definition) is 1. The molecule has 1 amide bonds. The fourth-order valence-corrected chi connectivity index (χ4v) is 2.66. The number of hydrogen-bond acceptors (Lipinski definition) is 5. The van der Waals surface area contributed by atoms with E-state index in [-0.39, 0.29) is 12.5 Å². The molecule has 3 aromatic rings. The number of tetrazole rings is 1. The highest BCUT2D eigenvalue weighted by Crippen LogP contribution is 2.27. The molecule has 26 heavy (non-hydrogen) atoms. The molecule has 0 saturated carbocycles. The summed E-state index contributed by atoms with van der Waals surface area (Å²) in [6.45, 7) is 6.11. The van der Waals surface area contributed by atoms with Gasteiger partial charge in [-0.15, -0.1) is 5.10 Å². The lowest BCUT2D eigenvalue weighted by atomic mass is 9.98. The topological polar surface area (TPSA) is 81.9 Å². The number of anilines is 1. The SMILES string of the molecule is Cc1cccc(C(C)C)c1NC(=O)COc1cccc(-n2cnnn2)c1. The molecule has 0 aliphatic rings. The smallest absolute Gasteiger partial charge is 0.262 e. The van der Waals surface area contributed by atoms with E-state index in [1.807, 2.05) is 37.3 Å². The maximum atomic E-state index is 12.4. The Hall–Kier alpha value is -3.22. The van der Waals surface area contributed by atoms with Gasteiger partial charge in [-0.05, 0) is 46.5 Å². The van der Waals surface area contributed by atoms with E-state index >= 15 is 0 Å². The van der Waals surface area contributed by atoms with E-state index in [4.69, 9.17) is 4.74 Å². The first kappa shape index (κ1) is 17.6. The zero-order valence-electron chi connectivity index (χ0n) is 15.0. The highest BCUT2D eigenvalue weighted by atomic mass is 16.5. The van der Waals surface area contributed by atoms with Crippen molar-refractivity contribution in [1.82, 2.24) is 20.2 Å². The Kier molecular flexibility index (Phi) is 5.26. The molecule has 0 unspecified atom stereocenters. The number of nitrogens with zero attached hydrogens (tertiary/aromatic N) is 4. The van der Waals surface area contributed by atoms with E-state index in [0.717, 1.165) is 22.5 Å². The Morgan fingerprint density at radius 2 is 2.04 bits per heavy atom. The summed E-state index contributed by atoms with van der Waals surface area (Å²) in [4.78, 5) is 12.4. The van der Waals surface area contributed by atoms with Gasteiger partial charge in [-0.3, -0.25) is 4.79 Å². The van der Waals surface area contributed by atoms with Gasteiger partial charge in [0.15, 0.2) is 6.61 Å². The van der Waals surface area contributed by atoms with Gasteiger partial charge in [-0.1, -0.05) is 38.1 Å². The van der Waals surface area contributed by atoms with E-state index in [1.165, 1.54) is 11.0 Å². The van der Waals surface area contributed by atoms with Crippen LogP contribution in [0.25, 0.3) is 5.69 Å². The van der Waals surface area contributed by atoms with Crippen molar-refractivity contribution in [2.75, 3.05) is 11.9 Å². The molecule has 0 bridgehead atoms. The second-order valence-electron chi connectivity index (χ2n) is 6.28. The van der Waals surface area contributed by atoms with Crippen LogP contribution in [0.15, 0.2) is 48.8 Å². The normalized spacial score (nSPS) is 10.8. The van der Waals surface area contributed by atoms with Gasteiger partial charge < -0.3 is 10.1 Å². The molecule has 134 valence electrons. The second kappa shape index (κ2) is 7.77. The molecule has 0 saturated heterocycles. The highest BCUT2D eigenvalue weighted by Gasteiger charge is 2.12. The predicted octanol–water partition coefficient (Wildman–Crippen LogP) is 3.11. The molecule has 7 heteroatoms. The standard InChI is InChI=1S/C19H21N5O2/c1-13(2)17-9-4-6-14(3)19(17)21-18(25)11-26-16-8-5-7-15(10-16)24-12-20-22-23-24/h4-10,12-13H,11H2,1-3H3,(H,21,25). The number of aryl methyl sites for hydroxylation is 1. The Labute approximate surface area is 152 Å². The van der Waals surface area contributed by atoms with Crippen molar-refractivity contribution in [2.45, 2.75) is 26.7 Å². The van der Waals surface area contributed by atoms with Gasteiger partial charge in [-0.2, -0.15) is 0 Å². The van der Waals surface area contributed by atoms with E-state index in [2.05, 4.69) is 34.7 Å². The molecule has 1 heterocycles. The number of rotatable bonds is 6. The van der Waals surface area contributed by atoms with Gasteiger partial charge in [0, 0.05) is 11.8 Å². The molecule has 0 aliphatic heterocycles. The number of nitrogens with one attached hydrogen (secondary N) is 1. The minimum atomic E-state index is -0.200. The molecule has 7 nitrogen and oxygen atoms in total. The Morgan fingerprint density at radius 1 is 1.23 bits per heavy atom. The summed E-state index contributed by atoms with van der Waals surface area (Å²) in [6.07, 6.45) is 1.50. The van der Waals surface area contributed by atoms with Crippen molar-refractivity contribution >= 4 is 11.6 Å². The van der Waals surface area contributed by atoms with Crippen LogP contribution in [0.5, 0.6) is 5.75 Å². The first-order chi connectivity index (χ1) is 12.5. The van der Waals surface area contributed by atoms with Crippen LogP contribution < -0.4 is 10.1 Å². The van der Waals surface area contributed by atoms with E-state index in [1.54, 1.807) is 12.1 Å². The van der Waals surface area contributed by atoms with Crippen LogP contribution in [-0.2, 0) is 4.79 Å². The maximum absolute atomic E-state index is 12.4. The fraction of sp³-hybridized carbons (Fsp3) is 0.263. The third kappa shape index (κ3) is 4.05. The zero-order chi connectivity index (χ0) is 18.5. The van der Waals surface area contributed by atoms with E-state index in [0.29, 0.717) is 11.7 Å². The number of benzene rings is 2. The monoisotopic (exact) mass is 351 g/mol. The van der Waals surface area contributed by atoms with Crippen LogP contribution in [0.4, 0.5) is 5.69 Å². The Morgan fingerprint density at radius 3 is 2.77 bits per heavy atom. The molecule has 1 aromatic heterocycles. The lowest BCUT2D eigenvalue weighted by Crippen LogP contribution is -2.21. The summed E-state index contributed by atoms with van der Waals surface area (Å²) >= 11 is 0. The number of carbonyl (C=O) groups excluding carboxylic acids is 1. The van der Waals surface area contributed by atoms with Gasteiger partial charge in [0.2, 0.25) is 0 Å². The fourth-order valence-electron chi connectivity index (χ4n) is 2.66. The first-order valence-corrected chi connectivity index (χ1v) is 8.40. The number of carbonyl (C=O) groups is 1.